The molecule has 0 saturated heterocycles. The lowest BCUT2D eigenvalue weighted by Crippen LogP contribution is -2.43. The van der Waals surface area contributed by atoms with Crippen LogP contribution in [0.2, 0.25) is 0 Å². The minimum Gasteiger partial charge on any atom is -0.491 e. The van der Waals surface area contributed by atoms with Crippen LogP contribution in [0.1, 0.15) is 39.3 Å². The molecule has 3 N–H and O–H groups in total. The lowest BCUT2D eigenvalue weighted by atomic mass is 9.92. The molecule has 0 saturated carbocycles. The number of hydrazine groups is 1. The average molecular weight is 252 g/mol. The molecule has 0 amide bonds. The molecule has 0 bridgehead atoms. The Hall–Kier alpha value is -1.10. The van der Waals surface area contributed by atoms with Gasteiger partial charge in [0.15, 0.2) is 0 Å². The van der Waals surface area contributed by atoms with Gasteiger partial charge in [0.25, 0.3) is 0 Å². The predicted octanol–water partition coefficient (Wildman–Crippen LogP) is 2.40. The zero-order chi connectivity index (χ0) is 13.8. The van der Waals surface area contributed by atoms with Crippen molar-refractivity contribution in [2.75, 3.05) is 7.11 Å². The molecule has 1 atom stereocenters. The number of ether oxygens (including phenoxy) is 2. The van der Waals surface area contributed by atoms with Crippen LogP contribution in [0.25, 0.3) is 0 Å². The largest absolute Gasteiger partial charge is 0.491 e. The Labute approximate surface area is 109 Å². The van der Waals surface area contributed by atoms with Gasteiger partial charge >= 0.3 is 0 Å². The van der Waals surface area contributed by atoms with Crippen molar-refractivity contribution in [2.24, 2.45) is 5.84 Å². The highest BCUT2D eigenvalue weighted by molar-refractivity contribution is 5.32. The fraction of sp³-hybridized carbons (Fsp3) is 0.571. The molecule has 0 spiro atoms. The van der Waals surface area contributed by atoms with Gasteiger partial charge in [-0.25, -0.2) is 0 Å². The van der Waals surface area contributed by atoms with E-state index < -0.39 is 5.60 Å². The van der Waals surface area contributed by atoms with Crippen molar-refractivity contribution in [1.29, 1.82) is 0 Å². The standard InChI is InChI=1S/C14H24N2O2/c1-10(2)18-12-8-6-7-11(9-12)13(16-15)14(3,4)17-5/h6-10,13,16H,15H2,1-5H3. The molecular weight excluding hydrogens is 228 g/mol. The quantitative estimate of drug-likeness (QED) is 0.603. The van der Waals surface area contributed by atoms with E-state index in [1.54, 1.807) is 7.11 Å². The van der Waals surface area contributed by atoms with Crippen molar-refractivity contribution in [1.82, 2.24) is 5.43 Å². The summed E-state index contributed by atoms with van der Waals surface area (Å²) >= 11 is 0. The van der Waals surface area contributed by atoms with Gasteiger partial charge in [-0.15, -0.1) is 0 Å². The van der Waals surface area contributed by atoms with Crippen molar-refractivity contribution in [2.45, 2.75) is 45.4 Å². The van der Waals surface area contributed by atoms with Gasteiger partial charge in [-0.05, 0) is 45.4 Å². The molecule has 102 valence electrons. The summed E-state index contributed by atoms with van der Waals surface area (Å²) in [4.78, 5) is 0. The normalized spacial score (nSPS) is 13.7. The van der Waals surface area contributed by atoms with Crippen LogP contribution in [0.5, 0.6) is 5.75 Å². The number of methoxy groups -OCH3 is 1. The molecule has 0 fully saturated rings. The summed E-state index contributed by atoms with van der Waals surface area (Å²) in [5.74, 6) is 6.49. The van der Waals surface area contributed by atoms with E-state index in [0.29, 0.717) is 0 Å². The maximum atomic E-state index is 5.69. The second kappa shape index (κ2) is 6.18. The van der Waals surface area contributed by atoms with Gasteiger partial charge in [0, 0.05) is 7.11 Å². The Balaban J connectivity index is 3.00. The van der Waals surface area contributed by atoms with Crippen LogP contribution < -0.4 is 16.0 Å². The molecule has 0 aliphatic rings. The smallest absolute Gasteiger partial charge is 0.120 e. The van der Waals surface area contributed by atoms with E-state index >= 15 is 0 Å². The lowest BCUT2D eigenvalue weighted by molar-refractivity contribution is -0.0112. The number of benzene rings is 1. The van der Waals surface area contributed by atoms with Gasteiger partial charge in [0.1, 0.15) is 5.75 Å². The molecule has 1 aromatic carbocycles. The molecule has 4 nitrogen and oxygen atoms in total. The Morgan fingerprint density at radius 3 is 2.44 bits per heavy atom. The zero-order valence-corrected chi connectivity index (χ0v) is 11.9. The van der Waals surface area contributed by atoms with Crippen molar-refractivity contribution >= 4 is 0 Å². The predicted molar refractivity (Wildman–Crippen MR) is 73.4 cm³/mol. The molecule has 0 heterocycles. The second-order valence-corrected chi connectivity index (χ2v) is 5.15. The summed E-state index contributed by atoms with van der Waals surface area (Å²) in [5.41, 5.74) is 3.46. The first kappa shape index (κ1) is 15.0. The van der Waals surface area contributed by atoms with Gasteiger partial charge in [0.2, 0.25) is 0 Å². The highest BCUT2D eigenvalue weighted by Crippen LogP contribution is 2.29. The van der Waals surface area contributed by atoms with E-state index in [-0.39, 0.29) is 12.1 Å². The van der Waals surface area contributed by atoms with Crippen LogP contribution >= 0.6 is 0 Å². The van der Waals surface area contributed by atoms with Crippen molar-refractivity contribution in [3.05, 3.63) is 29.8 Å². The SMILES string of the molecule is COC(C)(C)C(NN)c1cccc(OC(C)C)c1. The highest BCUT2D eigenvalue weighted by atomic mass is 16.5. The Bertz CT molecular complexity index is 378. The third-order valence-corrected chi connectivity index (χ3v) is 2.95. The minimum absolute atomic E-state index is 0.0989. The highest BCUT2D eigenvalue weighted by Gasteiger charge is 2.30. The molecular formula is C14H24N2O2. The van der Waals surface area contributed by atoms with E-state index in [9.17, 15) is 0 Å². The third-order valence-electron chi connectivity index (χ3n) is 2.95. The van der Waals surface area contributed by atoms with Gasteiger partial charge in [0.05, 0.1) is 17.7 Å². The molecule has 4 heteroatoms. The van der Waals surface area contributed by atoms with E-state index in [1.807, 2.05) is 52.0 Å². The van der Waals surface area contributed by atoms with Crippen LogP contribution in [0.3, 0.4) is 0 Å². The number of hydrogen-bond acceptors (Lipinski definition) is 4. The molecule has 1 rings (SSSR count). The van der Waals surface area contributed by atoms with E-state index in [0.717, 1.165) is 11.3 Å². The summed E-state index contributed by atoms with van der Waals surface area (Å²) in [7, 11) is 1.68. The minimum atomic E-state index is -0.398. The number of rotatable bonds is 6. The Morgan fingerprint density at radius 1 is 1.28 bits per heavy atom. The monoisotopic (exact) mass is 252 g/mol. The summed E-state index contributed by atoms with van der Waals surface area (Å²) in [5, 5.41) is 0. The number of nitrogens with one attached hydrogen (secondary N) is 1. The maximum absolute atomic E-state index is 5.69. The fourth-order valence-corrected chi connectivity index (χ4v) is 1.86. The van der Waals surface area contributed by atoms with Crippen LogP contribution in [-0.4, -0.2) is 18.8 Å². The first-order chi connectivity index (χ1) is 8.40. The molecule has 0 radical (unpaired) electrons. The first-order valence-corrected chi connectivity index (χ1v) is 6.18. The lowest BCUT2D eigenvalue weighted by Gasteiger charge is -2.33. The summed E-state index contributed by atoms with van der Waals surface area (Å²) in [6, 6.07) is 7.81. The average Bonchev–Trinajstić information content (AvgIpc) is 2.29. The zero-order valence-electron chi connectivity index (χ0n) is 11.9. The molecule has 1 unspecified atom stereocenters. The summed E-state index contributed by atoms with van der Waals surface area (Å²) in [6.45, 7) is 8.00. The maximum Gasteiger partial charge on any atom is 0.120 e. The topological polar surface area (TPSA) is 56.5 Å². The van der Waals surface area contributed by atoms with E-state index in [4.69, 9.17) is 15.3 Å². The fourth-order valence-electron chi connectivity index (χ4n) is 1.86. The van der Waals surface area contributed by atoms with Gasteiger partial charge in [-0.2, -0.15) is 0 Å². The van der Waals surface area contributed by atoms with Crippen LogP contribution in [0, 0.1) is 0 Å². The summed E-state index contributed by atoms with van der Waals surface area (Å²) in [6.07, 6.45) is 0.153. The Kier molecular flexibility index (Phi) is 5.14. The van der Waals surface area contributed by atoms with Crippen LogP contribution in [-0.2, 0) is 4.74 Å². The van der Waals surface area contributed by atoms with Gasteiger partial charge < -0.3 is 9.47 Å². The van der Waals surface area contributed by atoms with Gasteiger partial charge in [-0.3, -0.25) is 11.3 Å². The van der Waals surface area contributed by atoms with Crippen molar-refractivity contribution in [3.8, 4) is 5.75 Å². The van der Waals surface area contributed by atoms with Crippen molar-refractivity contribution < 1.29 is 9.47 Å². The first-order valence-electron chi connectivity index (χ1n) is 6.18. The number of hydrogen-bond donors (Lipinski definition) is 2. The van der Waals surface area contributed by atoms with Crippen LogP contribution in [0.15, 0.2) is 24.3 Å². The third kappa shape index (κ3) is 3.70. The van der Waals surface area contributed by atoms with Crippen molar-refractivity contribution in [3.63, 3.8) is 0 Å². The number of nitrogens with two attached hydrogens (primary N) is 1. The van der Waals surface area contributed by atoms with Gasteiger partial charge in [-0.1, -0.05) is 12.1 Å². The van der Waals surface area contributed by atoms with E-state index in [1.165, 1.54) is 0 Å². The molecule has 18 heavy (non-hydrogen) atoms. The second-order valence-electron chi connectivity index (χ2n) is 5.15. The Morgan fingerprint density at radius 2 is 1.94 bits per heavy atom. The van der Waals surface area contributed by atoms with Crippen LogP contribution in [0.4, 0.5) is 0 Å². The molecule has 0 aromatic heterocycles. The molecule has 1 aromatic rings. The summed E-state index contributed by atoms with van der Waals surface area (Å²) < 4.78 is 11.2. The molecule has 0 aliphatic heterocycles. The van der Waals surface area contributed by atoms with E-state index in [2.05, 4.69) is 5.43 Å². The molecule has 0 aliphatic carbocycles.